The Kier molecular flexibility index (Phi) is 4.28. The van der Waals surface area contributed by atoms with E-state index < -0.39 is 0 Å². The summed E-state index contributed by atoms with van der Waals surface area (Å²) in [6.45, 7) is 2.74. The summed E-state index contributed by atoms with van der Waals surface area (Å²) in [6.07, 6.45) is 4.04. The zero-order valence-electron chi connectivity index (χ0n) is 13.9. The molecule has 0 aliphatic carbocycles. The molecule has 1 aromatic heterocycles. The van der Waals surface area contributed by atoms with Gasteiger partial charge in [0.25, 0.3) is 0 Å². The van der Waals surface area contributed by atoms with Gasteiger partial charge in [-0.2, -0.15) is 0 Å². The monoisotopic (exact) mass is 313 g/mol. The number of urea groups is 1. The third kappa shape index (κ3) is 2.91. The van der Waals surface area contributed by atoms with Crippen LogP contribution in [0.15, 0.2) is 36.5 Å². The largest absolute Gasteiger partial charge is 0.495 e. The summed E-state index contributed by atoms with van der Waals surface area (Å²) in [7, 11) is 3.64. The Hall–Kier alpha value is -2.43. The van der Waals surface area contributed by atoms with Gasteiger partial charge < -0.3 is 19.5 Å². The third-order valence-electron chi connectivity index (χ3n) is 4.53. The van der Waals surface area contributed by atoms with Crippen molar-refractivity contribution in [2.24, 2.45) is 7.05 Å². The molecule has 122 valence electrons. The Morgan fingerprint density at radius 2 is 2.13 bits per heavy atom. The van der Waals surface area contributed by atoms with Crippen LogP contribution < -0.4 is 10.1 Å². The highest BCUT2D eigenvalue weighted by molar-refractivity contribution is 5.92. The Balaban J connectivity index is 1.82. The number of rotatable bonds is 3. The molecule has 1 atom stereocenters. The number of para-hydroxylation sites is 1. The van der Waals surface area contributed by atoms with Crippen LogP contribution in [0, 0.1) is 6.92 Å². The van der Waals surface area contributed by atoms with E-state index in [0.717, 1.165) is 30.6 Å². The number of amides is 2. The molecule has 2 amide bonds. The van der Waals surface area contributed by atoms with Crippen molar-refractivity contribution in [2.45, 2.75) is 25.8 Å². The normalized spacial score (nSPS) is 17.3. The van der Waals surface area contributed by atoms with E-state index in [1.54, 1.807) is 7.11 Å². The van der Waals surface area contributed by atoms with Crippen molar-refractivity contribution >= 4 is 11.7 Å². The highest BCUT2D eigenvalue weighted by Crippen LogP contribution is 2.34. The molecule has 0 saturated carbocycles. The summed E-state index contributed by atoms with van der Waals surface area (Å²) in [5.74, 6) is 0.688. The predicted octanol–water partition coefficient (Wildman–Crippen LogP) is 3.71. The van der Waals surface area contributed by atoms with E-state index >= 15 is 0 Å². The van der Waals surface area contributed by atoms with Crippen LogP contribution in [-0.2, 0) is 7.05 Å². The number of carbonyl (C=O) groups excluding carboxylic acids is 1. The Morgan fingerprint density at radius 3 is 2.83 bits per heavy atom. The number of carbonyl (C=O) groups is 1. The maximum atomic E-state index is 12.8. The number of likely N-dealkylation sites (tertiary alicyclic amines) is 1. The molecule has 0 bridgehead atoms. The van der Waals surface area contributed by atoms with Crippen LogP contribution in [-0.4, -0.2) is 29.2 Å². The van der Waals surface area contributed by atoms with Crippen molar-refractivity contribution in [3.8, 4) is 5.75 Å². The molecule has 1 aliphatic rings. The first-order chi connectivity index (χ1) is 11.1. The van der Waals surface area contributed by atoms with Gasteiger partial charge in [0.1, 0.15) is 5.75 Å². The number of ether oxygens (including phenoxy) is 1. The average molecular weight is 313 g/mol. The second-order valence-electron chi connectivity index (χ2n) is 5.98. The Labute approximate surface area is 136 Å². The molecule has 1 fully saturated rings. The van der Waals surface area contributed by atoms with Crippen molar-refractivity contribution < 1.29 is 9.53 Å². The number of benzene rings is 1. The molecule has 1 saturated heterocycles. The van der Waals surface area contributed by atoms with Gasteiger partial charge in [-0.1, -0.05) is 12.1 Å². The maximum Gasteiger partial charge on any atom is 0.322 e. The first-order valence-electron chi connectivity index (χ1n) is 7.94. The van der Waals surface area contributed by atoms with E-state index in [-0.39, 0.29) is 12.1 Å². The lowest BCUT2D eigenvalue weighted by molar-refractivity contribution is 0.205. The number of hydrogen-bond donors (Lipinski definition) is 1. The second kappa shape index (κ2) is 6.36. The van der Waals surface area contributed by atoms with E-state index in [1.807, 2.05) is 49.3 Å². The summed E-state index contributed by atoms with van der Waals surface area (Å²) in [4.78, 5) is 14.7. The number of nitrogens with one attached hydrogen (secondary N) is 1. The standard InChI is InChI=1S/C18H23N3O2/c1-13-7-4-10-16(23-3)17(13)19-18(22)21-12-6-9-15(21)14-8-5-11-20(14)2/h4-5,7-8,10-11,15H,6,9,12H2,1-3H3,(H,19,22)/t15-/m0/s1. The molecular formula is C18H23N3O2. The highest BCUT2D eigenvalue weighted by Gasteiger charge is 2.31. The second-order valence-corrected chi connectivity index (χ2v) is 5.98. The number of nitrogens with zero attached hydrogens (tertiary/aromatic N) is 2. The van der Waals surface area contributed by atoms with Gasteiger partial charge in [0.05, 0.1) is 18.8 Å². The molecule has 2 heterocycles. The van der Waals surface area contributed by atoms with Crippen LogP contribution in [0.2, 0.25) is 0 Å². The number of hydrogen-bond acceptors (Lipinski definition) is 2. The number of anilines is 1. The number of aryl methyl sites for hydroxylation is 2. The van der Waals surface area contributed by atoms with E-state index in [0.29, 0.717) is 5.75 Å². The molecule has 1 N–H and O–H groups in total. The fraction of sp³-hybridized carbons (Fsp3) is 0.389. The van der Waals surface area contributed by atoms with Gasteiger partial charge in [0.15, 0.2) is 0 Å². The minimum absolute atomic E-state index is 0.0682. The zero-order valence-corrected chi connectivity index (χ0v) is 13.9. The fourth-order valence-electron chi connectivity index (χ4n) is 3.29. The van der Waals surface area contributed by atoms with Crippen molar-refractivity contribution in [2.75, 3.05) is 19.0 Å². The van der Waals surface area contributed by atoms with E-state index in [2.05, 4.69) is 16.0 Å². The smallest absolute Gasteiger partial charge is 0.322 e. The SMILES string of the molecule is COc1cccc(C)c1NC(=O)N1CCC[C@H]1c1cccn1C. The molecule has 0 spiro atoms. The summed E-state index contributed by atoms with van der Waals surface area (Å²) in [5, 5.41) is 3.04. The summed E-state index contributed by atoms with van der Waals surface area (Å²) < 4.78 is 7.46. The predicted molar refractivity (Wildman–Crippen MR) is 90.8 cm³/mol. The molecule has 0 radical (unpaired) electrons. The first-order valence-corrected chi connectivity index (χ1v) is 7.94. The molecule has 5 nitrogen and oxygen atoms in total. The van der Waals surface area contributed by atoms with Gasteiger partial charge in [0.2, 0.25) is 0 Å². The van der Waals surface area contributed by atoms with Crippen molar-refractivity contribution in [1.82, 2.24) is 9.47 Å². The fourth-order valence-corrected chi connectivity index (χ4v) is 3.29. The molecule has 3 rings (SSSR count). The lowest BCUT2D eigenvalue weighted by Gasteiger charge is -2.26. The van der Waals surface area contributed by atoms with Crippen LogP contribution in [0.4, 0.5) is 10.5 Å². The summed E-state index contributed by atoms with van der Waals surface area (Å²) in [6, 6.07) is 9.93. The first kappa shape index (κ1) is 15.5. The van der Waals surface area contributed by atoms with E-state index in [4.69, 9.17) is 4.74 Å². The highest BCUT2D eigenvalue weighted by atomic mass is 16.5. The lowest BCUT2D eigenvalue weighted by Crippen LogP contribution is -2.35. The van der Waals surface area contributed by atoms with Gasteiger partial charge in [-0.25, -0.2) is 4.79 Å². The van der Waals surface area contributed by atoms with Crippen LogP contribution >= 0.6 is 0 Å². The molecule has 2 aromatic rings. The van der Waals surface area contributed by atoms with Crippen molar-refractivity contribution in [3.05, 3.63) is 47.8 Å². The number of aromatic nitrogens is 1. The summed E-state index contributed by atoms with van der Waals surface area (Å²) >= 11 is 0. The molecule has 23 heavy (non-hydrogen) atoms. The van der Waals surface area contributed by atoms with Crippen LogP contribution in [0.3, 0.4) is 0 Å². The Bertz CT molecular complexity index is 708. The van der Waals surface area contributed by atoms with E-state index in [1.165, 1.54) is 5.69 Å². The van der Waals surface area contributed by atoms with Crippen LogP contribution in [0.5, 0.6) is 5.75 Å². The molecule has 1 aliphatic heterocycles. The van der Waals surface area contributed by atoms with Gasteiger partial charge in [0, 0.05) is 25.5 Å². The van der Waals surface area contributed by atoms with Gasteiger partial charge in [-0.05, 0) is 43.5 Å². The number of methoxy groups -OCH3 is 1. The quantitative estimate of drug-likeness (QED) is 0.939. The lowest BCUT2D eigenvalue weighted by atomic mass is 10.1. The minimum Gasteiger partial charge on any atom is -0.495 e. The van der Waals surface area contributed by atoms with Crippen LogP contribution in [0.25, 0.3) is 0 Å². The molecule has 1 aromatic carbocycles. The summed E-state index contributed by atoms with van der Waals surface area (Å²) in [5.41, 5.74) is 2.92. The maximum absolute atomic E-state index is 12.8. The molecule has 5 heteroatoms. The zero-order chi connectivity index (χ0) is 16.4. The van der Waals surface area contributed by atoms with Crippen LogP contribution in [0.1, 0.15) is 30.1 Å². The third-order valence-corrected chi connectivity index (χ3v) is 4.53. The van der Waals surface area contributed by atoms with E-state index in [9.17, 15) is 4.79 Å². The molecular weight excluding hydrogens is 290 g/mol. The Morgan fingerprint density at radius 1 is 1.30 bits per heavy atom. The topological polar surface area (TPSA) is 46.5 Å². The van der Waals surface area contributed by atoms with Gasteiger partial charge in [-0.3, -0.25) is 0 Å². The molecule has 0 unspecified atom stereocenters. The van der Waals surface area contributed by atoms with Gasteiger partial charge in [-0.15, -0.1) is 0 Å². The van der Waals surface area contributed by atoms with Crippen molar-refractivity contribution in [3.63, 3.8) is 0 Å². The minimum atomic E-state index is -0.0682. The average Bonchev–Trinajstić information content (AvgIpc) is 3.17. The van der Waals surface area contributed by atoms with Gasteiger partial charge >= 0.3 is 6.03 Å². The van der Waals surface area contributed by atoms with Crippen molar-refractivity contribution in [1.29, 1.82) is 0 Å².